The molecule has 1 saturated heterocycles. The molecule has 2 aromatic rings. The van der Waals surface area contributed by atoms with E-state index >= 15 is 0 Å². The number of anilines is 1. The second-order valence-electron chi connectivity index (χ2n) is 7.32. The first-order chi connectivity index (χ1) is 12.1. The van der Waals surface area contributed by atoms with Gasteiger partial charge in [-0.15, -0.1) is 0 Å². The Kier molecular flexibility index (Phi) is 3.82. The molecule has 1 aliphatic heterocycles. The average molecular weight is 338 g/mol. The molecule has 2 heterocycles. The number of hydrogen-bond donors (Lipinski definition) is 2. The van der Waals surface area contributed by atoms with Gasteiger partial charge in [0.15, 0.2) is 0 Å². The first kappa shape index (κ1) is 15.9. The molecular formula is C19H22N4O2. The maximum Gasteiger partial charge on any atom is 0.254 e. The van der Waals surface area contributed by atoms with Crippen molar-refractivity contribution < 1.29 is 9.59 Å². The highest BCUT2D eigenvalue weighted by molar-refractivity contribution is 5.98. The predicted octanol–water partition coefficient (Wildman–Crippen LogP) is 2.56. The molecule has 4 rings (SSSR count). The third-order valence-corrected chi connectivity index (χ3v) is 5.42. The van der Waals surface area contributed by atoms with E-state index in [0.29, 0.717) is 25.2 Å². The van der Waals surface area contributed by atoms with Crippen LogP contribution in [0.4, 0.5) is 5.69 Å². The smallest absolute Gasteiger partial charge is 0.254 e. The second kappa shape index (κ2) is 6.02. The number of amides is 2. The largest absolute Gasteiger partial charge is 0.338 e. The molecule has 130 valence electrons. The van der Waals surface area contributed by atoms with Gasteiger partial charge in [0.1, 0.15) is 0 Å². The lowest BCUT2D eigenvalue weighted by Crippen LogP contribution is -2.32. The van der Waals surface area contributed by atoms with E-state index < -0.39 is 0 Å². The summed E-state index contributed by atoms with van der Waals surface area (Å²) in [6, 6.07) is 7.90. The third-order valence-electron chi connectivity index (χ3n) is 5.42. The summed E-state index contributed by atoms with van der Waals surface area (Å²) in [5, 5.41) is 9.33. The maximum atomic E-state index is 13.0. The number of rotatable bonds is 4. The van der Waals surface area contributed by atoms with E-state index in [0.717, 1.165) is 24.0 Å². The Labute approximate surface area is 146 Å². The zero-order valence-electron chi connectivity index (χ0n) is 14.3. The van der Waals surface area contributed by atoms with Crippen LogP contribution in [0.3, 0.4) is 0 Å². The van der Waals surface area contributed by atoms with Crippen molar-refractivity contribution in [3.8, 4) is 0 Å². The number of nitrogens with one attached hydrogen (secondary N) is 2. The van der Waals surface area contributed by atoms with Crippen LogP contribution >= 0.6 is 0 Å². The summed E-state index contributed by atoms with van der Waals surface area (Å²) >= 11 is 0. The fraction of sp³-hybridized carbons (Fsp3) is 0.421. The van der Waals surface area contributed by atoms with E-state index in [1.165, 1.54) is 0 Å². The van der Waals surface area contributed by atoms with Crippen molar-refractivity contribution in [3.63, 3.8) is 0 Å². The van der Waals surface area contributed by atoms with Crippen molar-refractivity contribution in [3.05, 3.63) is 47.8 Å². The molecule has 2 fully saturated rings. The molecule has 2 aliphatic rings. The second-order valence-corrected chi connectivity index (χ2v) is 7.32. The summed E-state index contributed by atoms with van der Waals surface area (Å²) in [5.41, 5.74) is 2.73. The van der Waals surface area contributed by atoms with Gasteiger partial charge >= 0.3 is 0 Å². The summed E-state index contributed by atoms with van der Waals surface area (Å²) < 4.78 is 0. The molecule has 1 unspecified atom stereocenters. The monoisotopic (exact) mass is 338 g/mol. The van der Waals surface area contributed by atoms with Gasteiger partial charge in [-0.1, -0.05) is 25.1 Å². The van der Waals surface area contributed by atoms with Crippen LogP contribution < -0.4 is 5.32 Å². The molecule has 2 amide bonds. The average Bonchev–Trinajstić information content (AvgIpc) is 3.06. The zero-order valence-corrected chi connectivity index (χ0v) is 14.3. The van der Waals surface area contributed by atoms with E-state index in [1.54, 1.807) is 12.4 Å². The molecule has 0 spiro atoms. The van der Waals surface area contributed by atoms with E-state index in [2.05, 4.69) is 28.5 Å². The van der Waals surface area contributed by atoms with Crippen LogP contribution in [-0.2, 0) is 10.2 Å². The minimum absolute atomic E-state index is 0.0438. The molecule has 1 aromatic heterocycles. The number of carbonyl (C=O) groups excluding carboxylic acids is 2. The molecule has 6 nitrogen and oxygen atoms in total. The molecule has 25 heavy (non-hydrogen) atoms. The van der Waals surface area contributed by atoms with Crippen molar-refractivity contribution in [2.45, 2.75) is 31.6 Å². The van der Waals surface area contributed by atoms with Gasteiger partial charge < -0.3 is 10.2 Å². The van der Waals surface area contributed by atoms with Crippen molar-refractivity contribution >= 4 is 17.5 Å². The van der Waals surface area contributed by atoms with E-state index in [-0.39, 0.29) is 23.1 Å². The third kappa shape index (κ3) is 3.04. The Morgan fingerprint density at radius 1 is 1.32 bits per heavy atom. The molecule has 0 radical (unpaired) electrons. The number of likely N-dealkylation sites (tertiary alicyclic amines) is 1. The number of carbonyl (C=O) groups is 2. The Hall–Kier alpha value is -2.63. The lowest BCUT2D eigenvalue weighted by Gasteiger charge is -2.20. The lowest BCUT2D eigenvalue weighted by molar-refractivity contribution is -0.119. The number of H-pyrrole nitrogens is 1. The van der Waals surface area contributed by atoms with E-state index in [4.69, 9.17) is 0 Å². The van der Waals surface area contributed by atoms with Gasteiger partial charge in [-0.3, -0.25) is 14.7 Å². The number of nitrogens with zero attached hydrogens (tertiary/aromatic N) is 2. The van der Waals surface area contributed by atoms with Crippen molar-refractivity contribution in [2.24, 2.45) is 5.92 Å². The lowest BCUT2D eigenvalue weighted by atomic mass is 9.92. The van der Waals surface area contributed by atoms with E-state index in [9.17, 15) is 9.59 Å². The summed E-state index contributed by atoms with van der Waals surface area (Å²) in [5.74, 6) is -0.191. The fourth-order valence-corrected chi connectivity index (χ4v) is 3.55. The van der Waals surface area contributed by atoms with Crippen LogP contribution in [0.25, 0.3) is 0 Å². The van der Waals surface area contributed by atoms with Gasteiger partial charge in [0.25, 0.3) is 5.91 Å². The van der Waals surface area contributed by atoms with Crippen LogP contribution in [-0.4, -0.2) is 40.0 Å². The SMILES string of the molecule is CC1(c2ccccc2C(=O)N2CCC(C(=O)Nc3cn[nH]c3)C2)CC1. The summed E-state index contributed by atoms with van der Waals surface area (Å²) in [4.78, 5) is 27.2. The number of aromatic amines is 1. The Morgan fingerprint density at radius 3 is 2.84 bits per heavy atom. The zero-order chi connectivity index (χ0) is 17.4. The molecule has 2 N–H and O–H groups in total. The topological polar surface area (TPSA) is 78.1 Å². The first-order valence-electron chi connectivity index (χ1n) is 8.75. The van der Waals surface area contributed by atoms with Gasteiger partial charge in [0.2, 0.25) is 5.91 Å². The van der Waals surface area contributed by atoms with Gasteiger partial charge in [0, 0.05) is 24.8 Å². The van der Waals surface area contributed by atoms with Crippen LogP contribution in [0.15, 0.2) is 36.7 Å². The first-order valence-corrected chi connectivity index (χ1v) is 8.75. The number of benzene rings is 1. The minimum atomic E-state index is -0.178. The molecular weight excluding hydrogens is 316 g/mol. The molecule has 1 saturated carbocycles. The van der Waals surface area contributed by atoms with E-state index in [1.807, 2.05) is 23.1 Å². The molecule has 1 atom stereocenters. The highest BCUT2D eigenvalue weighted by Gasteiger charge is 2.42. The summed E-state index contributed by atoms with van der Waals surface area (Å²) in [6.07, 6.45) is 6.17. The minimum Gasteiger partial charge on any atom is -0.338 e. The molecule has 1 aliphatic carbocycles. The van der Waals surface area contributed by atoms with Crippen molar-refractivity contribution in [1.82, 2.24) is 15.1 Å². The highest BCUT2D eigenvalue weighted by atomic mass is 16.2. The molecule has 6 heteroatoms. The van der Waals surface area contributed by atoms with Crippen molar-refractivity contribution in [2.75, 3.05) is 18.4 Å². The van der Waals surface area contributed by atoms with Gasteiger partial charge in [-0.25, -0.2) is 0 Å². The quantitative estimate of drug-likeness (QED) is 0.899. The van der Waals surface area contributed by atoms with Crippen LogP contribution in [0.2, 0.25) is 0 Å². The standard InChI is InChI=1S/C19H22N4O2/c1-19(7-8-19)16-5-3-2-4-15(16)18(25)23-9-6-13(12-23)17(24)22-14-10-20-21-11-14/h2-5,10-11,13H,6-9,12H2,1H3,(H,20,21)(H,22,24). The Balaban J connectivity index is 1.45. The van der Waals surface area contributed by atoms with Crippen LogP contribution in [0.1, 0.15) is 42.1 Å². The summed E-state index contributed by atoms with van der Waals surface area (Å²) in [7, 11) is 0. The fourth-order valence-electron chi connectivity index (χ4n) is 3.55. The number of hydrogen-bond acceptors (Lipinski definition) is 3. The Bertz CT molecular complexity index is 796. The van der Waals surface area contributed by atoms with Gasteiger partial charge in [-0.2, -0.15) is 5.10 Å². The van der Waals surface area contributed by atoms with Gasteiger partial charge in [0.05, 0.1) is 17.8 Å². The maximum absolute atomic E-state index is 13.0. The van der Waals surface area contributed by atoms with Gasteiger partial charge in [-0.05, 0) is 36.3 Å². The number of aromatic nitrogens is 2. The Morgan fingerprint density at radius 2 is 2.12 bits per heavy atom. The summed E-state index contributed by atoms with van der Waals surface area (Å²) in [6.45, 7) is 3.30. The van der Waals surface area contributed by atoms with Crippen molar-refractivity contribution in [1.29, 1.82) is 0 Å². The predicted molar refractivity (Wildman–Crippen MR) is 94.3 cm³/mol. The van der Waals surface area contributed by atoms with Crippen LogP contribution in [0, 0.1) is 5.92 Å². The highest BCUT2D eigenvalue weighted by Crippen LogP contribution is 2.48. The van der Waals surface area contributed by atoms with Crippen LogP contribution in [0.5, 0.6) is 0 Å². The molecule has 0 bridgehead atoms. The normalized spacial score (nSPS) is 21.2. The molecule has 1 aromatic carbocycles.